The van der Waals surface area contributed by atoms with Gasteiger partial charge in [-0.15, -0.1) is 10.2 Å². The first-order chi connectivity index (χ1) is 12.9. The van der Waals surface area contributed by atoms with Gasteiger partial charge in [-0.2, -0.15) is 0 Å². The van der Waals surface area contributed by atoms with Crippen LogP contribution in [-0.2, 0) is 5.41 Å². The van der Waals surface area contributed by atoms with E-state index in [9.17, 15) is 4.79 Å². The largest absolute Gasteiger partial charge is 0.325 e. The van der Waals surface area contributed by atoms with E-state index in [0.29, 0.717) is 5.13 Å². The molecular formula is C21H22N4OS. The van der Waals surface area contributed by atoms with Crippen LogP contribution in [-0.4, -0.2) is 16.2 Å². The monoisotopic (exact) mass is 378 g/mol. The van der Waals surface area contributed by atoms with Gasteiger partial charge in [-0.05, 0) is 34.8 Å². The Morgan fingerprint density at radius 2 is 1.63 bits per heavy atom. The van der Waals surface area contributed by atoms with Crippen molar-refractivity contribution in [2.24, 2.45) is 0 Å². The van der Waals surface area contributed by atoms with Gasteiger partial charge < -0.3 is 5.32 Å². The predicted molar refractivity (Wildman–Crippen MR) is 113 cm³/mol. The average molecular weight is 379 g/mol. The summed E-state index contributed by atoms with van der Waals surface area (Å²) in [5.41, 5.74) is 3.11. The number of nitrogens with one attached hydrogen (secondary N) is 2. The van der Waals surface area contributed by atoms with Crippen molar-refractivity contribution >= 4 is 40.3 Å². The van der Waals surface area contributed by atoms with Crippen LogP contribution in [0, 0.1) is 0 Å². The van der Waals surface area contributed by atoms with E-state index in [1.54, 1.807) is 0 Å². The molecule has 0 aliphatic rings. The number of nitrogens with zero attached hydrogens (tertiary/aromatic N) is 2. The smallest absolute Gasteiger partial charge is 0.308 e. The van der Waals surface area contributed by atoms with Crippen LogP contribution in [0.15, 0.2) is 54.6 Å². The van der Waals surface area contributed by atoms with E-state index in [1.165, 1.54) is 16.9 Å². The first-order valence-electron chi connectivity index (χ1n) is 8.65. The van der Waals surface area contributed by atoms with Crippen molar-refractivity contribution in [1.29, 1.82) is 0 Å². The summed E-state index contributed by atoms with van der Waals surface area (Å²) < 4.78 is 0. The lowest BCUT2D eigenvalue weighted by molar-refractivity contribution is 0.262. The van der Waals surface area contributed by atoms with Gasteiger partial charge in [0.05, 0.1) is 0 Å². The Balaban J connectivity index is 1.57. The third-order valence-electron chi connectivity index (χ3n) is 3.89. The highest BCUT2D eigenvalue weighted by Crippen LogP contribution is 2.24. The minimum absolute atomic E-state index is 0.0804. The van der Waals surface area contributed by atoms with Crippen molar-refractivity contribution in [2.75, 3.05) is 10.6 Å². The van der Waals surface area contributed by atoms with E-state index in [2.05, 4.69) is 41.6 Å². The van der Waals surface area contributed by atoms with Crippen molar-refractivity contribution in [3.05, 3.63) is 70.7 Å². The van der Waals surface area contributed by atoms with Crippen LogP contribution in [0.25, 0.3) is 12.2 Å². The molecule has 0 radical (unpaired) electrons. The first kappa shape index (κ1) is 18.8. The zero-order valence-corrected chi connectivity index (χ0v) is 16.4. The highest BCUT2D eigenvalue weighted by atomic mass is 32.1. The molecule has 2 amide bonds. The van der Waals surface area contributed by atoms with E-state index in [4.69, 9.17) is 0 Å². The molecule has 27 heavy (non-hydrogen) atoms. The number of amides is 2. The summed E-state index contributed by atoms with van der Waals surface area (Å²) in [5.74, 6) is 0. The van der Waals surface area contributed by atoms with Gasteiger partial charge in [0.2, 0.25) is 5.13 Å². The number of carbonyl (C=O) groups is 1. The lowest BCUT2D eigenvalue weighted by Gasteiger charge is -2.19. The number of urea groups is 1. The van der Waals surface area contributed by atoms with Gasteiger partial charge >= 0.3 is 6.03 Å². The lowest BCUT2D eigenvalue weighted by Crippen LogP contribution is -2.19. The Hall–Kier alpha value is -2.99. The fourth-order valence-corrected chi connectivity index (χ4v) is 3.04. The van der Waals surface area contributed by atoms with Crippen LogP contribution >= 0.6 is 11.3 Å². The van der Waals surface area contributed by atoms with Gasteiger partial charge in [0.15, 0.2) is 0 Å². The van der Waals surface area contributed by atoms with Gasteiger partial charge in [0.25, 0.3) is 0 Å². The molecule has 1 aromatic heterocycles. The number of anilines is 2. The predicted octanol–water partition coefficient (Wildman–Crippen LogP) is 5.65. The number of benzene rings is 2. The Bertz CT molecular complexity index is 925. The zero-order chi connectivity index (χ0) is 19.3. The fraction of sp³-hybridized carbons (Fsp3) is 0.190. The van der Waals surface area contributed by atoms with Crippen molar-refractivity contribution in [3.8, 4) is 0 Å². The summed E-state index contributed by atoms with van der Waals surface area (Å²) in [7, 11) is 0. The highest BCUT2D eigenvalue weighted by Gasteiger charge is 2.13. The maximum absolute atomic E-state index is 12.2. The van der Waals surface area contributed by atoms with E-state index in [0.717, 1.165) is 16.3 Å². The molecule has 0 aliphatic heterocycles. The fourth-order valence-electron chi connectivity index (χ4n) is 2.40. The van der Waals surface area contributed by atoms with Crippen LogP contribution in [0.3, 0.4) is 0 Å². The van der Waals surface area contributed by atoms with Gasteiger partial charge in [-0.3, -0.25) is 5.32 Å². The third kappa shape index (κ3) is 5.49. The molecule has 0 saturated carbocycles. The van der Waals surface area contributed by atoms with Crippen LogP contribution in [0.5, 0.6) is 0 Å². The second-order valence-electron chi connectivity index (χ2n) is 7.10. The van der Waals surface area contributed by atoms with Crippen LogP contribution in [0.1, 0.15) is 36.9 Å². The molecule has 138 valence electrons. The number of carbonyl (C=O) groups excluding carboxylic acids is 1. The molecule has 3 aromatic rings. The molecular weight excluding hydrogens is 356 g/mol. The van der Waals surface area contributed by atoms with Gasteiger partial charge in [-0.1, -0.05) is 80.6 Å². The minimum atomic E-state index is -0.340. The molecule has 2 aromatic carbocycles. The van der Waals surface area contributed by atoms with Crippen molar-refractivity contribution in [3.63, 3.8) is 0 Å². The molecule has 0 bridgehead atoms. The maximum Gasteiger partial charge on any atom is 0.325 e. The molecule has 0 unspecified atom stereocenters. The minimum Gasteiger partial charge on any atom is -0.308 e. The van der Waals surface area contributed by atoms with Crippen molar-refractivity contribution < 1.29 is 4.79 Å². The SMILES string of the molecule is CC(C)(C)c1ccc(NC(=O)Nc2nnc(C=Cc3ccccc3)s2)cc1. The number of hydrogen-bond donors (Lipinski definition) is 2. The van der Waals surface area contributed by atoms with Crippen molar-refractivity contribution in [2.45, 2.75) is 26.2 Å². The second-order valence-corrected chi connectivity index (χ2v) is 8.11. The number of hydrogen-bond acceptors (Lipinski definition) is 4. The molecule has 0 fully saturated rings. The lowest BCUT2D eigenvalue weighted by atomic mass is 9.87. The maximum atomic E-state index is 12.2. The molecule has 0 aliphatic carbocycles. The average Bonchev–Trinajstić information content (AvgIpc) is 3.08. The van der Waals surface area contributed by atoms with E-state index in [1.807, 2.05) is 66.7 Å². The van der Waals surface area contributed by atoms with E-state index >= 15 is 0 Å². The third-order valence-corrected chi connectivity index (χ3v) is 4.69. The molecule has 2 N–H and O–H groups in total. The van der Waals surface area contributed by atoms with Gasteiger partial charge in [0, 0.05) is 5.69 Å². The Morgan fingerprint density at radius 1 is 0.926 bits per heavy atom. The van der Waals surface area contributed by atoms with Crippen LogP contribution < -0.4 is 10.6 Å². The molecule has 3 rings (SSSR count). The molecule has 0 spiro atoms. The molecule has 5 nitrogen and oxygen atoms in total. The summed E-state index contributed by atoms with van der Waals surface area (Å²) in [6.07, 6.45) is 3.84. The zero-order valence-electron chi connectivity index (χ0n) is 15.6. The quantitative estimate of drug-likeness (QED) is 0.616. The highest BCUT2D eigenvalue weighted by molar-refractivity contribution is 7.16. The molecule has 6 heteroatoms. The first-order valence-corrected chi connectivity index (χ1v) is 9.47. The normalized spacial score (nSPS) is 11.5. The molecule has 0 saturated heterocycles. The number of rotatable bonds is 4. The Labute approximate surface area is 163 Å². The topological polar surface area (TPSA) is 66.9 Å². The summed E-state index contributed by atoms with van der Waals surface area (Å²) in [6.45, 7) is 6.46. The molecule has 1 heterocycles. The van der Waals surface area contributed by atoms with Crippen LogP contribution in [0.2, 0.25) is 0 Å². The summed E-state index contributed by atoms with van der Waals surface area (Å²) in [6, 6.07) is 17.4. The molecule has 0 atom stereocenters. The van der Waals surface area contributed by atoms with Gasteiger partial charge in [0.1, 0.15) is 5.01 Å². The van der Waals surface area contributed by atoms with Gasteiger partial charge in [-0.25, -0.2) is 4.79 Å². The van der Waals surface area contributed by atoms with E-state index in [-0.39, 0.29) is 11.4 Å². The summed E-state index contributed by atoms with van der Waals surface area (Å²) >= 11 is 1.32. The summed E-state index contributed by atoms with van der Waals surface area (Å²) in [5, 5.41) is 14.8. The standard InChI is InChI=1S/C21H22N4OS/c1-21(2,3)16-10-12-17(13-11-16)22-19(26)23-20-25-24-18(27-20)14-9-15-7-5-4-6-8-15/h4-14H,1-3H3,(H2,22,23,25,26). The summed E-state index contributed by atoms with van der Waals surface area (Å²) in [4.78, 5) is 12.2. The van der Waals surface area contributed by atoms with Crippen molar-refractivity contribution in [1.82, 2.24) is 10.2 Å². The Kier molecular flexibility index (Phi) is 5.66. The number of aromatic nitrogens is 2. The second kappa shape index (κ2) is 8.14. The van der Waals surface area contributed by atoms with E-state index < -0.39 is 0 Å². The van der Waals surface area contributed by atoms with Crippen LogP contribution in [0.4, 0.5) is 15.6 Å². The Morgan fingerprint density at radius 3 is 2.30 bits per heavy atom.